The first kappa shape index (κ1) is 30.1. The van der Waals surface area contributed by atoms with Crippen LogP contribution in [-0.2, 0) is 0 Å². The molecule has 0 radical (unpaired) electrons. The Morgan fingerprint density at radius 2 is 0.776 bits per heavy atom. The minimum absolute atomic E-state index is 0.923. The summed E-state index contributed by atoms with van der Waals surface area (Å²) in [5.41, 5.74) is 15.6. The number of fused-ring (bicyclic) bond motifs is 6. The van der Waals surface area contributed by atoms with Gasteiger partial charge < -0.3 is 24.7 Å². The minimum atomic E-state index is 0.923. The van der Waals surface area contributed by atoms with Crippen molar-refractivity contribution >= 4 is 62.7 Å². The third-order valence-corrected chi connectivity index (χ3v) is 9.17. The number of nitrogens with one attached hydrogen (secondary N) is 2. The van der Waals surface area contributed by atoms with Crippen LogP contribution < -0.4 is 14.7 Å². The molecule has 6 bridgehead atoms. The van der Waals surface area contributed by atoms with E-state index in [1.165, 1.54) is 0 Å². The second-order valence-electron chi connectivity index (χ2n) is 12.8. The van der Waals surface area contributed by atoms with Crippen molar-refractivity contribution in [3.63, 3.8) is 0 Å². The van der Waals surface area contributed by atoms with Gasteiger partial charge in [-0.05, 0) is 96.1 Å². The van der Waals surface area contributed by atoms with Gasteiger partial charge in [0.2, 0.25) is 0 Å². The number of hydrogen-bond donors (Lipinski definition) is 2. The van der Waals surface area contributed by atoms with Crippen LogP contribution in [0, 0.1) is 0 Å². The number of aromatic amines is 2. The first-order valence-corrected chi connectivity index (χ1v) is 16.6. The normalized spacial score (nSPS) is 11.6. The Balaban J connectivity index is 1.50. The second kappa shape index (κ2) is 12.4. The lowest BCUT2D eigenvalue weighted by Gasteiger charge is -2.27. The highest BCUT2D eigenvalue weighted by atomic mass is 15.2. The van der Waals surface area contributed by atoms with E-state index in [4.69, 9.17) is 4.98 Å². The first-order chi connectivity index (χ1) is 23.9. The van der Waals surface area contributed by atoms with Gasteiger partial charge in [-0.3, -0.25) is 0 Å². The lowest BCUT2D eigenvalue weighted by atomic mass is 10.0. The topological polar surface area (TPSA) is 54.2 Å². The molecule has 0 saturated heterocycles. The molecule has 2 N–H and O–H groups in total. The molecule has 3 aromatic heterocycles. The summed E-state index contributed by atoms with van der Waals surface area (Å²) >= 11 is 0. The molecule has 4 heterocycles. The summed E-state index contributed by atoms with van der Waals surface area (Å²) in [6, 6.07) is 47.3. The highest BCUT2D eigenvalue weighted by molar-refractivity contribution is 6.01. The number of aromatic nitrogens is 3. The van der Waals surface area contributed by atoms with Crippen LogP contribution in [0.5, 0.6) is 0 Å². The van der Waals surface area contributed by atoms with E-state index in [0.29, 0.717) is 0 Å². The van der Waals surface area contributed by atoms with Crippen LogP contribution in [0.25, 0.3) is 56.5 Å². The zero-order valence-electron chi connectivity index (χ0n) is 28.1. The third kappa shape index (κ3) is 5.57. The molecule has 0 atom stereocenters. The van der Waals surface area contributed by atoms with Crippen LogP contribution in [0.2, 0.25) is 0 Å². The van der Waals surface area contributed by atoms with Gasteiger partial charge in [-0.1, -0.05) is 60.7 Å². The van der Waals surface area contributed by atoms with E-state index >= 15 is 0 Å². The molecule has 7 aromatic rings. The van der Waals surface area contributed by atoms with Crippen molar-refractivity contribution in [1.29, 1.82) is 0 Å². The summed E-state index contributed by atoms with van der Waals surface area (Å²) in [6.07, 6.45) is 4.27. The Labute approximate surface area is 286 Å². The van der Waals surface area contributed by atoms with Gasteiger partial charge in [0.25, 0.3) is 0 Å². The zero-order valence-corrected chi connectivity index (χ0v) is 28.1. The predicted octanol–water partition coefficient (Wildman–Crippen LogP) is 10.6. The molecule has 0 saturated carbocycles. The van der Waals surface area contributed by atoms with Gasteiger partial charge in [-0.15, -0.1) is 0 Å². The first-order valence-electron chi connectivity index (χ1n) is 16.6. The molecule has 0 aliphatic carbocycles. The lowest BCUT2D eigenvalue weighted by molar-refractivity contribution is 1.13. The molecule has 0 spiro atoms. The predicted molar refractivity (Wildman–Crippen MR) is 209 cm³/mol. The van der Waals surface area contributed by atoms with E-state index in [9.17, 15) is 0 Å². The van der Waals surface area contributed by atoms with Gasteiger partial charge >= 0.3 is 0 Å². The minimum Gasteiger partial charge on any atom is -0.378 e. The van der Waals surface area contributed by atoms with E-state index in [0.717, 1.165) is 84.1 Å². The van der Waals surface area contributed by atoms with E-state index in [-0.39, 0.29) is 0 Å². The smallest absolute Gasteiger partial charge is 0.0935 e. The van der Waals surface area contributed by atoms with Crippen molar-refractivity contribution in [1.82, 2.24) is 15.0 Å². The van der Waals surface area contributed by atoms with Gasteiger partial charge in [0, 0.05) is 73.1 Å². The summed E-state index contributed by atoms with van der Waals surface area (Å²) in [5, 5.41) is 0. The van der Waals surface area contributed by atoms with Gasteiger partial charge in [0.05, 0.1) is 28.1 Å². The average molecular weight is 639 g/mol. The average Bonchev–Trinajstić information content (AvgIpc) is 3.92. The number of nitrogens with zero attached hydrogens (tertiary/aromatic N) is 4. The van der Waals surface area contributed by atoms with Gasteiger partial charge in [-0.2, -0.15) is 0 Å². The van der Waals surface area contributed by atoms with E-state index in [1.54, 1.807) is 0 Å². The molecule has 240 valence electrons. The fraction of sp³-hybridized carbons (Fsp3) is 0.0930. The van der Waals surface area contributed by atoms with E-state index in [2.05, 4.69) is 198 Å². The largest absolute Gasteiger partial charge is 0.378 e. The molecular weight excluding hydrogens is 601 g/mol. The van der Waals surface area contributed by atoms with Crippen molar-refractivity contribution in [3.05, 3.63) is 145 Å². The highest BCUT2D eigenvalue weighted by Gasteiger charge is 2.21. The number of benzene rings is 4. The maximum absolute atomic E-state index is 5.28. The maximum atomic E-state index is 5.28. The Morgan fingerprint density at radius 1 is 0.408 bits per heavy atom. The Bertz CT molecular complexity index is 2200. The van der Waals surface area contributed by atoms with E-state index < -0.39 is 0 Å². The van der Waals surface area contributed by atoms with Crippen LogP contribution in [0.4, 0.5) is 28.4 Å². The van der Waals surface area contributed by atoms with Gasteiger partial charge in [0.1, 0.15) is 0 Å². The van der Waals surface area contributed by atoms with Crippen molar-refractivity contribution < 1.29 is 0 Å². The van der Waals surface area contributed by atoms with Crippen LogP contribution in [0.1, 0.15) is 11.4 Å². The number of H-pyrrole nitrogens is 2. The lowest BCUT2D eigenvalue weighted by Crippen LogP contribution is -2.13. The Kier molecular flexibility index (Phi) is 7.61. The quantitative estimate of drug-likeness (QED) is 0.182. The van der Waals surface area contributed by atoms with Gasteiger partial charge in [-0.25, -0.2) is 4.98 Å². The monoisotopic (exact) mass is 638 g/mol. The standard InChI is InChI=1S/C43H38N6/c1-47(2)31-15-19-33(20-16-31)49(34-21-17-32(18-22-34)48(3)4)43-39-27-25-37(45-39)41(29-11-7-5-8-12-29)35-23-24-36(44-35)42(30-13-9-6-10-14-30)38-26-28-40(43)46-38/h5-28,45-46H,1-4H3. The Hall–Kier alpha value is -6.27. The molecule has 1 aliphatic heterocycles. The second-order valence-corrected chi connectivity index (χ2v) is 12.8. The molecule has 4 aromatic carbocycles. The number of anilines is 5. The molecule has 49 heavy (non-hydrogen) atoms. The number of rotatable bonds is 7. The van der Waals surface area contributed by atoms with Crippen LogP contribution >= 0.6 is 0 Å². The molecule has 1 aliphatic rings. The van der Waals surface area contributed by atoms with Gasteiger partial charge in [0.15, 0.2) is 0 Å². The fourth-order valence-corrected chi connectivity index (χ4v) is 6.68. The molecular formula is C43H38N6. The Morgan fingerprint density at radius 3 is 1.16 bits per heavy atom. The summed E-state index contributed by atoms with van der Waals surface area (Å²) in [7, 11) is 8.28. The third-order valence-electron chi connectivity index (χ3n) is 9.17. The van der Waals surface area contributed by atoms with Crippen molar-refractivity contribution in [2.45, 2.75) is 0 Å². The summed E-state index contributed by atoms with van der Waals surface area (Å²) in [4.78, 5) is 19.6. The zero-order chi connectivity index (χ0) is 33.5. The summed E-state index contributed by atoms with van der Waals surface area (Å²) in [6.45, 7) is 0. The van der Waals surface area contributed by atoms with Crippen molar-refractivity contribution in [2.75, 3.05) is 42.9 Å². The molecule has 6 nitrogen and oxygen atoms in total. The van der Waals surface area contributed by atoms with E-state index in [1.807, 2.05) is 0 Å². The SMILES string of the molecule is CN(C)c1ccc(N(c2ccc(N(C)C)cc2)c2c3ccc([nH]3)c(-c3ccccc3)c3nc(c(-c4ccccc4)c4ccc2[nH]4)C=C3)cc1. The van der Waals surface area contributed by atoms with Crippen LogP contribution in [0.15, 0.2) is 133 Å². The highest BCUT2D eigenvalue weighted by Crippen LogP contribution is 2.42. The van der Waals surface area contributed by atoms with Crippen LogP contribution in [-0.4, -0.2) is 43.1 Å². The van der Waals surface area contributed by atoms with Crippen molar-refractivity contribution in [3.8, 4) is 22.3 Å². The molecule has 0 amide bonds. The maximum Gasteiger partial charge on any atom is 0.0935 e. The summed E-state index contributed by atoms with van der Waals surface area (Å²) < 4.78 is 0. The van der Waals surface area contributed by atoms with Crippen LogP contribution in [0.3, 0.4) is 0 Å². The molecule has 8 rings (SSSR count). The number of hydrogen-bond acceptors (Lipinski definition) is 4. The molecule has 6 heteroatoms. The molecule has 0 fully saturated rings. The molecule has 0 unspecified atom stereocenters. The fourth-order valence-electron chi connectivity index (χ4n) is 6.68. The summed E-state index contributed by atoms with van der Waals surface area (Å²) in [5.74, 6) is 0. The van der Waals surface area contributed by atoms with Crippen molar-refractivity contribution in [2.24, 2.45) is 0 Å².